The Labute approximate surface area is 446 Å². The summed E-state index contributed by atoms with van der Waals surface area (Å²) >= 11 is -1.72. The van der Waals surface area contributed by atoms with Crippen molar-refractivity contribution < 1.29 is 92.1 Å². The third-order valence-electron chi connectivity index (χ3n) is 13.5. The molecule has 0 amide bonds. The number of hydrogen-bond acceptors (Lipinski definition) is 16. The monoisotopic (exact) mass is 1130 g/mol. The summed E-state index contributed by atoms with van der Waals surface area (Å²) in [5, 5.41) is 34.0. The van der Waals surface area contributed by atoms with Gasteiger partial charge in [0.2, 0.25) is 5.69 Å². The van der Waals surface area contributed by atoms with Gasteiger partial charge < -0.3 is 29.3 Å². The Balaban J connectivity index is 1.33. The number of methoxy groups -OCH3 is 1. The molecule has 25 heteroatoms. The Morgan fingerprint density at radius 3 is 2.14 bits per heavy atom. The molecule has 0 radical (unpaired) electrons. The molecule has 4 aromatic carbocycles. The number of benzene rings is 4. The van der Waals surface area contributed by atoms with Crippen LogP contribution in [0.2, 0.25) is 0 Å². The van der Waals surface area contributed by atoms with Gasteiger partial charge in [0.05, 0.1) is 47.4 Å². The van der Waals surface area contributed by atoms with Crippen molar-refractivity contribution in [3.8, 4) is 11.5 Å². The lowest BCUT2D eigenvalue weighted by Crippen LogP contribution is -2.28. The van der Waals surface area contributed by atoms with Gasteiger partial charge in [-0.15, -0.1) is 4.33 Å². The molecule has 2 aliphatic heterocycles. The maximum Gasteiger partial charge on any atom is 0.341 e. The maximum absolute atomic E-state index is 12.4. The molecule has 0 saturated heterocycles. The largest absolute Gasteiger partial charge is 0.496 e. The predicted octanol–water partition coefficient (Wildman–Crippen LogP) is 8.82. The van der Waals surface area contributed by atoms with Gasteiger partial charge in [-0.25, -0.2) is 14.8 Å². The first kappa shape index (κ1) is 58.0. The van der Waals surface area contributed by atoms with Gasteiger partial charge in [0.15, 0.2) is 18.9 Å². The van der Waals surface area contributed by atoms with Crippen molar-refractivity contribution >= 4 is 94.2 Å². The number of hydrogen-bond donors (Lipinski definition) is 6. The highest BCUT2D eigenvalue weighted by molar-refractivity contribution is 7.94. The van der Waals surface area contributed by atoms with Crippen molar-refractivity contribution in [3.05, 3.63) is 107 Å². The molecular weight excluding hydrogens is 1070 g/mol. The summed E-state index contributed by atoms with van der Waals surface area (Å²) in [7, 11) is -7.40. The summed E-state index contributed by atoms with van der Waals surface area (Å²) in [5.41, 5.74) is 4.74. The second kappa shape index (κ2) is 23.9. The van der Waals surface area contributed by atoms with E-state index in [2.05, 4.69) is 9.61 Å². The van der Waals surface area contributed by atoms with Crippen molar-refractivity contribution in [1.82, 2.24) is 0 Å². The highest BCUT2D eigenvalue weighted by Gasteiger charge is 2.47. The van der Waals surface area contributed by atoms with E-state index in [0.29, 0.717) is 101 Å². The lowest BCUT2D eigenvalue weighted by molar-refractivity contribution is -0.438. The molecule has 76 heavy (non-hydrogen) atoms. The molecule has 2 heterocycles. The van der Waals surface area contributed by atoms with E-state index in [1.54, 1.807) is 31.4 Å². The fourth-order valence-corrected chi connectivity index (χ4v) is 12.2. The number of rotatable bonds is 25. The van der Waals surface area contributed by atoms with Crippen LogP contribution in [-0.4, -0.2) is 118 Å². The van der Waals surface area contributed by atoms with E-state index < -0.39 is 78.2 Å². The molecule has 7 rings (SSSR count). The van der Waals surface area contributed by atoms with Crippen LogP contribution in [0.1, 0.15) is 83.8 Å². The van der Waals surface area contributed by atoms with Crippen molar-refractivity contribution in [3.63, 3.8) is 0 Å². The lowest BCUT2D eigenvalue weighted by atomic mass is 9.78. The summed E-state index contributed by atoms with van der Waals surface area (Å²) in [6.07, 6.45) is 11.5. The number of ether oxygens (including phenoxy) is 3. The van der Waals surface area contributed by atoms with Gasteiger partial charge >= 0.3 is 23.3 Å². The van der Waals surface area contributed by atoms with Gasteiger partial charge in [-0.1, -0.05) is 31.0 Å². The Kier molecular flexibility index (Phi) is 18.2. The molecule has 0 aromatic heterocycles. The van der Waals surface area contributed by atoms with Gasteiger partial charge in [-0.05, 0) is 122 Å². The Morgan fingerprint density at radius 2 is 1.50 bits per heavy atom. The van der Waals surface area contributed by atoms with E-state index in [9.17, 15) is 54.5 Å². The zero-order valence-electron chi connectivity index (χ0n) is 42.1. The van der Waals surface area contributed by atoms with Crippen LogP contribution >= 0.6 is 12.0 Å². The highest BCUT2D eigenvalue weighted by Crippen LogP contribution is 2.54. The summed E-state index contributed by atoms with van der Waals surface area (Å²) in [5.74, 6) is -2.15. The first-order chi connectivity index (χ1) is 35.9. The zero-order chi connectivity index (χ0) is 55.3. The molecule has 4 aromatic rings. The van der Waals surface area contributed by atoms with Gasteiger partial charge in [0.25, 0.3) is 20.2 Å². The fraction of sp³-hybridized carbons (Fsp3) is 0.392. The molecule has 0 spiro atoms. The van der Waals surface area contributed by atoms with Crippen LogP contribution in [0.4, 0.5) is 11.4 Å². The number of allylic oxidation sites excluding steroid dienone is 7. The topological polar surface area (TPSA) is 302 Å². The summed E-state index contributed by atoms with van der Waals surface area (Å²) in [4.78, 5) is 25.5. The number of carbonyl (C=O) groups is 2. The van der Waals surface area contributed by atoms with E-state index in [1.807, 2.05) is 69.0 Å². The number of carboxylic acids is 2. The minimum absolute atomic E-state index is 0.0461. The first-order valence-corrected chi connectivity index (χ1v) is 28.7. The number of anilines is 1. The van der Waals surface area contributed by atoms with E-state index in [4.69, 9.17) is 28.0 Å². The Bertz CT molecular complexity index is 3360. The summed E-state index contributed by atoms with van der Waals surface area (Å²) in [6.45, 7) is 7.34. The van der Waals surface area contributed by atoms with Gasteiger partial charge in [-0.2, -0.15) is 25.6 Å². The molecule has 0 saturated carbocycles. The maximum atomic E-state index is 12.4. The minimum Gasteiger partial charge on any atom is -0.496 e. The predicted molar refractivity (Wildman–Crippen MR) is 283 cm³/mol. The summed E-state index contributed by atoms with van der Waals surface area (Å²) in [6, 6.07) is 13.0. The number of nitrogens with zero attached hydrogens (tertiary/aromatic N) is 2. The summed E-state index contributed by atoms with van der Waals surface area (Å²) < 4.78 is 118. The molecule has 1 atom stereocenters. The third kappa shape index (κ3) is 13.0. The SMILES string of the molecule is COC1=C(/C=C/C2=[N+](CCCCOS(=O)O)c3ccc4cc(SOOO)cc(OCC(=O)O)c4c3C2(C)C)CCC/C1=C\C=C1\N(CCCCS(=O)(=O)O)c2ccc3cc(S(=O)(=O)O)cc(OCC(=O)O)c3c2C1(C)C. The van der Waals surface area contributed by atoms with Crippen LogP contribution in [-0.2, 0) is 70.3 Å². The van der Waals surface area contributed by atoms with Gasteiger partial charge in [0, 0.05) is 63.6 Å². The van der Waals surface area contributed by atoms with Crippen LogP contribution in [0, 0.1) is 0 Å². The normalized spacial score (nSPS) is 17.8. The van der Waals surface area contributed by atoms with Gasteiger partial charge in [-0.3, -0.25) is 17.8 Å². The van der Waals surface area contributed by atoms with Crippen LogP contribution in [0.5, 0.6) is 11.5 Å². The fourth-order valence-electron chi connectivity index (χ4n) is 10.4. The molecule has 6 N–H and O–H groups in total. The van der Waals surface area contributed by atoms with E-state index >= 15 is 0 Å². The lowest BCUT2D eigenvalue weighted by Gasteiger charge is -2.28. The molecule has 1 unspecified atom stereocenters. The second-order valence-electron chi connectivity index (χ2n) is 19.2. The molecule has 0 fully saturated rings. The quantitative estimate of drug-likeness (QED) is 0.00686. The third-order valence-corrected chi connectivity index (χ3v) is 16.0. The molecule has 1 aliphatic carbocycles. The van der Waals surface area contributed by atoms with Crippen LogP contribution in [0.25, 0.3) is 21.5 Å². The minimum atomic E-state index is -4.74. The van der Waals surface area contributed by atoms with Crippen molar-refractivity contribution in [1.29, 1.82) is 0 Å². The van der Waals surface area contributed by atoms with Crippen LogP contribution in [0.3, 0.4) is 0 Å². The standard InChI is InChI=1S/C51H58N2O19S4/c1-50(2)41(52(21-6-8-23-70-74(59)60)37-17-13-33-25-35(73-72-71-58)27-39(45(33)47(37)50)68-29-43(54)55)19-15-31-11-10-12-32(49(31)67-5)16-20-42-51(3,4)48-38(53(42)22-7-9-24-75(61,62)63)18-14-34-26-36(76(64,65)66)28-40(46(34)48)69-30-44(56)57/h13-20,25-28H,6-12,21-24,29-30H2,1-5H3,(H5-,54,55,56,57,58,59,60,61,62,63,64,65,66)/p+1. The smallest absolute Gasteiger partial charge is 0.341 e. The van der Waals surface area contributed by atoms with Crippen LogP contribution in [0.15, 0.2) is 105 Å². The molecule has 410 valence electrons. The Morgan fingerprint density at radius 1 is 0.829 bits per heavy atom. The van der Waals surface area contributed by atoms with E-state index in [1.165, 1.54) is 6.07 Å². The number of carboxylic acid groups (broad SMARTS) is 2. The number of unbranched alkanes of at least 4 members (excludes halogenated alkanes) is 2. The highest BCUT2D eigenvalue weighted by atomic mass is 32.2. The van der Waals surface area contributed by atoms with Crippen LogP contribution < -0.4 is 14.4 Å². The average Bonchev–Trinajstić information content (AvgIpc) is 3.83. The molecule has 0 bridgehead atoms. The van der Waals surface area contributed by atoms with Crippen molar-refractivity contribution in [2.24, 2.45) is 0 Å². The van der Waals surface area contributed by atoms with Gasteiger partial charge in [0.1, 0.15) is 23.8 Å². The molecule has 3 aliphatic rings. The van der Waals surface area contributed by atoms with Crippen molar-refractivity contribution in [2.45, 2.75) is 93.3 Å². The first-order valence-electron chi connectivity index (χ1n) is 23.9. The average molecular weight is 1130 g/mol. The van der Waals surface area contributed by atoms with Crippen molar-refractivity contribution in [2.75, 3.05) is 50.7 Å². The van der Waals surface area contributed by atoms with E-state index in [-0.39, 0.29) is 24.5 Å². The van der Waals surface area contributed by atoms with E-state index in [0.717, 1.165) is 46.3 Å². The Hall–Kier alpha value is -5.71. The molecule has 21 nitrogen and oxygen atoms in total. The second-order valence-corrected chi connectivity index (χ2v) is 23.6. The molecular formula is C51H59N2O19S4+. The number of fused-ring (bicyclic) bond motifs is 6. The number of aliphatic carboxylic acids is 2. The zero-order valence-corrected chi connectivity index (χ0v) is 45.4.